The maximum atomic E-state index is 5.88. The van der Waals surface area contributed by atoms with Gasteiger partial charge in [-0.3, -0.25) is 0 Å². The van der Waals surface area contributed by atoms with Crippen molar-refractivity contribution in [1.29, 1.82) is 0 Å². The summed E-state index contributed by atoms with van der Waals surface area (Å²) in [6.45, 7) is 0. The van der Waals surface area contributed by atoms with Crippen molar-refractivity contribution in [2.75, 3.05) is 7.11 Å². The minimum Gasteiger partial charge on any atom is -0.496 e. The summed E-state index contributed by atoms with van der Waals surface area (Å²) >= 11 is 7.57. The predicted octanol–water partition coefficient (Wildman–Crippen LogP) is 4.08. The Hall–Kier alpha value is -0.990. The van der Waals surface area contributed by atoms with E-state index in [0.717, 1.165) is 11.3 Å². The summed E-state index contributed by atoms with van der Waals surface area (Å²) in [5.41, 5.74) is 1.09. The van der Waals surface area contributed by atoms with Crippen LogP contribution in [0.4, 0.5) is 0 Å². The minimum atomic E-state index is 0.696. The van der Waals surface area contributed by atoms with Gasteiger partial charge < -0.3 is 4.74 Å². The third kappa shape index (κ3) is 1.76. The maximum absolute atomic E-state index is 5.88. The van der Waals surface area contributed by atoms with Gasteiger partial charge in [-0.1, -0.05) is 17.7 Å². The van der Waals surface area contributed by atoms with E-state index in [-0.39, 0.29) is 0 Å². The molecule has 1 aromatic carbocycles. The van der Waals surface area contributed by atoms with Crippen molar-refractivity contribution >= 4 is 22.9 Å². The van der Waals surface area contributed by atoms with Gasteiger partial charge in [0.05, 0.1) is 7.11 Å². The Balaban J connectivity index is 2.53. The molecule has 2 rings (SSSR count). The van der Waals surface area contributed by atoms with Crippen molar-refractivity contribution in [2.45, 2.75) is 0 Å². The third-order valence-corrected chi connectivity index (χ3v) is 3.09. The lowest BCUT2D eigenvalue weighted by atomic mass is 10.1. The quantitative estimate of drug-likeness (QED) is 0.747. The average Bonchev–Trinajstić information content (AvgIpc) is 2.70. The van der Waals surface area contributed by atoms with Crippen LogP contribution in [-0.4, -0.2) is 7.11 Å². The fourth-order valence-electron chi connectivity index (χ4n) is 1.30. The van der Waals surface area contributed by atoms with Crippen molar-refractivity contribution in [3.8, 4) is 16.2 Å². The van der Waals surface area contributed by atoms with Gasteiger partial charge in [-0.2, -0.15) is 0 Å². The van der Waals surface area contributed by atoms with E-state index in [2.05, 4.69) is 6.07 Å². The molecule has 0 unspecified atom stereocenters. The van der Waals surface area contributed by atoms with Crippen LogP contribution in [0.5, 0.6) is 5.75 Å². The number of thiophene rings is 1. The monoisotopic (exact) mass is 224 g/mol. The highest BCUT2D eigenvalue weighted by atomic mass is 35.5. The molecule has 0 aliphatic carbocycles. The molecule has 14 heavy (non-hydrogen) atoms. The molecule has 0 N–H and O–H groups in total. The molecule has 0 saturated carbocycles. The first-order valence-corrected chi connectivity index (χ1v) is 5.44. The normalized spacial score (nSPS) is 10.1. The summed E-state index contributed by atoms with van der Waals surface area (Å²) in [4.78, 5) is 1.19. The van der Waals surface area contributed by atoms with E-state index in [1.54, 1.807) is 18.4 Å². The van der Waals surface area contributed by atoms with E-state index in [1.165, 1.54) is 4.88 Å². The zero-order valence-electron chi connectivity index (χ0n) is 7.66. The molecule has 3 heteroatoms. The van der Waals surface area contributed by atoms with E-state index in [1.807, 2.05) is 29.6 Å². The van der Waals surface area contributed by atoms with Crippen molar-refractivity contribution in [3.63, 3.8) is 0 Å². The largest absolute Gasteiger partial charge is 0.496 e. The molecule has 1 aromatic heterocycles. The summed E-state index contributed by atoms with van der Waals surface area (Å²) in [6, 6.07) is 9.77. The van der Waals surface area contributed by atoms with Crippen LogP contribution in [0.3, 0.4) is 0 Å². The number of benzene rings is 1. The molecule has 0 amide bonds. The Morgan fingerprint density at radius 2 is 2.14 bits per heavy atom. The first kappa shape index (κ1) is 9.56. The summed E-state index contributed by atoms with van der Waals surface area (Å²) in [5, 5.41) is 2.74. The Labute approximate surface area is 91.9 Å². The van der Waals surface area contributed by atoms with Gasteiger partial charge in [-0.15, -0.1) is 11.3 Å². The van der Waals surface area contributed by atoms with Crippen LogP contribution in [0.1, 0.15) is 0 Å². The van der Waals surface area contributed by atoms with Crippen molar-refractivity contribution in [3.05, 3.63) is 40.7 Å². The Kier molecular flexibility index (Phi) is 2.75. The summed E-state index contributed by atoms with van der Waals surface area (Å²) in [7, 11) is 1.66. The van der Waals surface area contributed by atoms with Gasteiger partial charge in [0, 0.05) is 15.5 Å². The van der Waals surface area contributed by atoms with Crippen LogP contribution < -0.4 is 4.74 Å². The number of ether oxygens (including phenoxy) is 1. The zero-order chi connectivity index (χ0) is 9.97. The summed E-state index contributed by atoms with van der Waals surface area (Å²) in [5.74, 6) is 0.819. The first-order valence-electron chi connectivity index (χ1n) is 4.18. The van der Waals surface area contributed by atoms with Gasteiger partial charge in [-0.05, 0) is 29.6 Å². The van der Waals surface area contributed by atoms with E-state index >= 15 is 0 Å². The molecule has 1 nitrogen and oxygen atoms in total. The van der Waals surface area contributed by atoms with E-state index in [0.29, 0.717) is 5.02 Å². The number of rotatable bonds is 2. The standard InChI is InChI=1S/C11H9ClOS/c1-13-10-7-8(12)4-5-9(10)11-3-2-6-14-11/h2-7H,1H3. The Morgan fingerprint density at radius 1 is 1.29 bits per heavy atom. The van der Waals surface area contributed by atoms with Crippen LogP contribution in [0, 0.1) is 0 Å². The van der Waals surface area contributed by atoms with E-state index < -0.39 is 0 Å². The lowest BCUT2D eigenvalue weighted by Crippen LogP contribution is -1.85. The fraction of sp³-hybridized carbons (Fsp3) is 0.0909. The summed E-state index contributed by atoms with van der Waals surface area (Å²) in [6.07, 6.45) is 0. The van der Waals surface area contributed by atoms with Crippen LogP contribution in [-0.2, 0) is 0 Å². The molecule has 0 atom stereocenters. The van der Waals surface area contributed by atoms with Crippen molar-refractivity contribution in [2.24, 2.45) is 0 Å². The zero-order valence-corrected chi connectivity index (χ0v) is 9.23. The molecule has 72 valence electrons. The molecule has 0 saturated heterocycles. The van der Waals surface area contributed by atoms with E-state index in [4.69, 9.17) is 16.3 Å². The van der Waals surface area contributed by atoms with Gasteiger partial charge in [-0.25, -0.2) is 0 Å². The second kappa shape index (κ2) is 4.03. The summed E-state index contributed by atoms with van der Waals surface area (Å²) < 4.78 is 5.27. The molecule has 0 aliphatic rings. The SMILES string of the molecule is COc1cc(Cl)ccc1-c1cccs1. The number of hydrogen-bond acceptors (Lipinski definition) is 2. The maximum Gasteiger partial charge on any atom is 0.128 e. The number of halogens is 1. The van der Waals surface area contributed by atoms with Crippen molar-refractivity contribution in [1.82, 2.24) is 0 Å². The molecular formula is C11H9ClOS. The molecule has 0 fully saturated rings. The third-order valence-electron chi connectivity index (χ3n) is 1.95. The smallest absolute Gasteiger partial charge is 0.128 e. The lowest BCUT2D eigenvalue weighted by molar-refractivity contribution is 0.416. The molecule has 1 heterocycles. The van der Waals surface area contributed by atoms with E-state index in [9.17, 15) is 0 Å². The molecular weight excluding hydrogens is 216 g/mol. The highest BCUT2D eigenvalue weighted by molar-refractivity contribution is 7.13. The van der Waals surface area contributed by atoms with Gasteiger partial charge in [0.2, 0.25) is 0 Å². The Bertz CT molecular complexity index is 423. The fourth-order valence-corrected chi connectivity index (χ4v) is 2.22. The van der Waals surface area contributed by atoms with Gasteiger partial charge in [0.15, 0.2) is 0 Å². The van der Waals surface area contributed by atoms with Crippen molar-refractivity contribution < 1.29 is 4.74 Å². The van der Waals surface area contributed by atoms with Gasteiger partial charge in [0.25, 0.3) is 0 Å². The van der Waals surface area contributed by atoms with Crippen LogP contribution in [0.25, 0.3) is 10.4 Å². The van der Waals surface area contributed by atoms with Crippen LogP contribution in [0.2, 0.25) is 5.02 Å². The lowest BCUT2D eigenvalue weighted by Gasteiger charge is -2.06. The second-order valence-electron chi connectivity index (χ2n) is 2.82. The van der Waals surface area contributed by atoms with Crippen LogP contribution in [0.15, 0.2) is 35.7 Å². The Morgan fingerprint density at radius 3 is 2.79 bits per heavy atom. The number of hydrogen-bond donors (Lipinski definition) is 0. The van der Waals surface area contributed by atoms with Gasteiger partial charge >= 0.3 is 0 Å². The topological polar surface area (TPSA) is 9.23 Å². The van der Waals surface area contributed by atoms with Gasteiger partial charge in [0.1, 0.15) is 5.75 Å². The minimum absolute atomic E-state index is 0.696. The number of methoxy groups -OCH3 is 1. The molecule has 0 bridgehead atoms. The highest BCUT2D eigenvalue weighted by Crippen LogP contribution is 2.34. The first-order chi connectivity index (χ1) is 6.81. The highest BCUT2D eigenvalue weighted by Gasteiger charge is 2.06. The molecule has 0 spiro atoms. The molecule has 0 radical (unpaired) electrons. The predicted molar refractivity (Wildman–Crippen MR) is 61.3 cm³/mol. The van der Waals surface area contributed by atoms with Crippen LogP contribution >= 0.6 is 22.9 Å². The molecule has 0 aliphatic heterocycles. The molecule has 2 aromatic rings. The average molecular weight is 225 g/mol. The second-order valence-corrected chi connectivity index (χ2v) is 4.21.